The van der Waals surface area contributed by atoms with Gasteiger partial charge in [0.15, 0.2) is 11.5 Å². The van der Waals surface area contributed by atoms with E-state index in [1.807, 2.05) is 0 Å². The lowest BCUT2D eigenvalue weighted by atomic mass is 9.84. The Morgan fingerprint density at radius 1 is 1.42 bits per heavy atom. The minimum Gasteiger partial charge on any atom is -0.354 e. The van der Waals surface area contributed by atoms with Crippen LogP contribution in [0.3, 0.4) is 0 Å². The van der Waals surface area contributed by atoms with Crippen molar-refractivity contribution < 1.29 is 0 Å². The van der Waals surface area contributed by atoms with E-state index >= 15 is 0 Å². The molecule has 2 aromatic rings. The van der Waals surface area contributed by atoms with Crippen LogP contribution in [0.1, 0.15) is 38.3 Å². The zero-order valence-corrected chi connectivity index (χ0v) is 14.1. The second-order valence-electron chi connectivity index (χ2n) is 6.05. The van der Waals surface area contributed by atoms with Crippen LogP contribution in [0.5, 0.6) is 0 Å². The van der Waals surface area contributed by atoms with Gasteiger partial charge in [-0.05, 0) is 44.2 Å². The molecule has 0 saturated heterocycles. The number of aromatic nitrogens is 4. The Morgan fingerprint density at radius 2 is 2.29 bits per heavy atom. The van der Waals surface area contributed by atoms with Crippen molar-refractivity contribution in [3.8, 4) is 5.82 Å². The second-order valence-corrected chi connectivity index (χ2v) is 6.05. The van der Waals surface area contributed by atoms with Crippen molar-refractivity contribution in [1.29, 1.82) is 0 Å². The van der Waals surface area contributed by atoms with Gasteiger partial charge in [-0.15, -0.1) is 4.91 Å². The average molecular weight is 326 g/mol. The van der Waals surface area contributed by atoms with E-state index in [4.69, 9.17) is 0 Å². The first-order valence-corrected chi connectivity index (χ1v) is 8.32. The summed E-state index contributed by atoms with van der Waals surface area (Å²) < 4.78 is 1.68. The van der Waals surface area contributed by atoms with Crippen LogP contribution in [-0.4, -0.2) is 26.1 Å². The first-order valence-electron chi connectivity index (χ1n) is 8.32. The van der Waals surface area contributed by atoms with Crippen LogP contribution >= 0.6 is 0 Å². The van der Waals surface area contributed by atoms with E-state index in [0.29, 0.717) is 23.4 Å². The lowest BCUT2D eigenvalue weighted by molar-refractivity contribution is 0.468. The highest BCUT2D eigenvalue weighted by Crippen LogP contribution is 2.30. The Labute approximate surface area is 141 Å². The fraction of sp³-hybridized carbons (Fsp3) is 0.471. The highest BCUT2D eigenvalue weighted by molar-refractivity contribution is 5.57. The Hall–Kier alpha value is -2.57. The van der Waals surface area contributed by atoms with Gasteiger partial charge in [-0.2, -0.15) is 4.98 Å². The third-order valence-corrected chi connectivity index (χ3v) is 4.55. The molecule has 24 heavy (non-hydrogen) atoms. The smallest absolute Gasteiger partial charge is 0.225 e. The van der Waals surface area contributed by atoms with Crippen LogP contribution in [-0.2, 0) is 0 Å². The van der Waals surface area contributed by atoms with Crippen LogP contribution in [0.2, 0.25) is 0 Å². The molecule has 1 saturated carbocycles. The van der Waals surface area contributed by atoms with Gasteiger partial charge in [0.05, 0.1) is 5.69 Å². The summed E-state index contributed by atoms with van der Waals surface area (Å²) in [4.78, 5) is 24.0. The fourth-order valence-electron chi connectivity index (χ4n) is 3.24. The summed E-state index contributed by atoms with van der Waals surface area (Å²) in [6.45, 7) is 4.67. The molecule has 1 aliphatic rings. The van der Waals surface area contributed by atoms with Crippen LogP contribution in [0.15, 0.2) is 35.5 Å². The standard InChI is InChI=1S/C17H22N6O/c1-3-13-6-4-5-7-14(13)10-19-17-20-12(2)15(22-24)16(21-17)23-9-8-18-11-23/h3,8-9,11,14H,4-7,10H2,1-2H3,(H,19,20,21)/b13-3+. The maximum atomic E-state index is 11.2. The quantitative estimate of drug-likeness (QED) is 0.665. The molecule has 126 valence electrons. The minimum atomic E-state index is 0.241. The molecule has 1 aliphatic carbocycles. The SMILES string of the molecule is C/C=C1\CCCCC1CNc1nc(C)c(N=O)c(-n2ccnc2)n1. The summed E-state index contributed by atoms with van der Waals surface area (Å²) >= 11 is 0. The van der Waals surface area contributed by atoms with Crippen molar-refractivity contribution in [3.63, 3.8) is 0 Å². The van der Waals surface area contributed by atoms with Gasteiger partial charge in [-0.25, -0.2) is 9.97 Å². The Balaban J connectivity index is 1.82. The molecule has 0 radical (unpaired) electrons. The predicted octanol–water partition coefficient (Wildman–Crippen LogP) is 3.92. The third kappa shape index (κ3) is 3.34. The Bertz CT molecular complexity index is 738. The van der Waals surface area contributed by atoms with Crippen molar-refractivity contribution in [1.82, 2.24) is 19.5 Å². The molecule has 0 bridgehead atoms. The summed E-state index contributed by atoms with van der Waals surface area (Å²) in [7, 11) is 0. The fourth-order valence-corrected chi connectivity index (χ4v) is 3.24. The number of nitroso groups, excluding NO2 is 1. The molecule has 7 heteroatoms. The molecular formula is C17H22N6O. The first kappa shape index (κ1) is 16.3. The molecule has 0 aromatic carbocycles. The molecule has 1 N–H and O–H groups in total. The van der Waals surface area contributed by atoms with Crippen molar-refractivity contribution in [3.05, 3.63) is 41.0 Å². The van der Waals surface area contributed by atoms with E-state index in [1.54, 1.807) is 30.2 Å². The molecule has 0 spiro atoms. The van der Waals surface area contributed by atoms with Crippen LogP contribution < -0.4 is 5.32 Å². The van der Waals surface area contributed by atoms with E-state index in [1.165, 1.54) is 31.3 Å². The number of anilines is 1. The molecule has 0 aliphatic heterocycles. The summed E-state index contributed by atoms with van der Waals surface area (Å²) in [6.07, 6.45) is 12.1. The van der Waals surface area contributed by atoms with Crippen molar-refractivity contribution in [2.75, 3.05) is 11.9 Å². The zero-order chi connectivity index (χ0) is 16.9. The number of hydrogen-bond acceptors (Lipinski definition) is 6. The second kappa shape index (κ2) is 7.33. The van der Waals surface area contributed by atoms with Gasteiger partial charge >= 0.3 is 0 Å². The van der Waals surface area contributed by atoms with Gasteiger partial charge in [0.2, 0.25) is 5.95 Å². The molecule has 1 atom stereocenters. The van der Waals surface area contributed by atoms with E-state index in [0.717, 1.165) is 6.54 Å². The summed E-state index contributed by atoms with van der Waals surface area (Å²) in [5.74, 6) is 1.49. The van der Waals surface area contributed by atoms with Crippen molar-refractivity contribution in [2.24, 2.45) is 11.1 Å². The number of nitrogens with one attached hydrogen (secondary N) is 1. The molecule has 1 fully saturated rings. The monoisotopic (exact) mass is 326 g/mol. The number of imidazole rings is 1. The van der Waals surface area contributed by atoms with Gasteiger partial charge in [-0.3, -0.25) is 4.57 Å². The van der Waals surface area contributed by atoms with Gasteiger partial charge in [0.25, 0.3) is 0 Å². The van der Waals surface area contributed by atoms with Crippen molar-refractivity contribution in [2.45, 2.75) is 39.5 Å². The van der Waals surface area contributed by atoms with Gasteiger partial charge in [-0.1, -0.05) is 18.1 Å². The Kier molecular flexibility index (Phi) is 4.98. The van der Waals surface area contributed by atoms with Gasteiger partial charge in [0, 0.05) is 18.9 Å². The predicted molar refractivity (Wildman–Crippen MR) is 93.6 cm³/mol. The molecule has 0 amide bonds. The molecule has 2 heterocycles. The third-order valence-electron chi connectivity index (χ3n) is 4.55. The first-order chi connectivity index (χ1) is 11.7. The Morgan fingerprint density at radius 3 is 3.00 bits per heavy atom. The van der Waals surface area contributed by atoms with Crippen molar-refractivity contribution >= 4 is 11.6 Å². The van der Waals surface area contributed by atoms with E-state index < -0.39 is 0 Å². The van der Waals surface area contributed by atoms with E-state index in [2.05, 4.69) is 38.4 Å². The summed E-state index contributed by atoms with van der Waals surface area (Å²) in [5.41, 5.74) is 2.30. The average Bonchev–Trinajstić information content (AvgIpc) is 3.14. The number of rotatable bonds is 5. The van der Waals surface area contributed by atoms with Crippen LogP contribution in [0, 0.1) is 17.7 Å². The molecule has 2 aromatic heterocycles. The normalized spacial score (nSPS) is 19.4. The molecule has 1 unspecified atom stereocenters. The molecule has 7 nitrogen and oxygen atoms in total. The van der Waals surface area contributed by atoms with Crippen LogP contribution in [0.4, 0.5) is 11.6 Å². The van der Waals surface area contributed by atoms with Gasteiger partial charge in [0.1, 0.15) is 6.33 Å². The summed E-state index contributed by atoms with van der Waals surface area (Å²) in [5, 5.41) is 6.41. The number of nitrogens with zero attached hydrogens (tertiary/aromatic N) is 5. The van der Waals surface area contributed by atoms with Gasteiger partial charge < -0.3 is 5.32 Å². The number of hydrogen-bond donors (Lipinski definition) is 1. The number of aryl methyl sites for hydroxylation is 1. The number of allylic oxidation sites excluding steroid dienone is 1. The highest BCUT2D eigenvalue weighted by atomic mass is 16.3. The summed E-state index contributed by atoms with van der Waals surface area (Å²) in [6, 6.07) is 0. The van der Waals surface area contributed by atoms with Crippen LogP contribution in [0.25, 0.3) is 5.82 Å². The lowest BCUT2D eigenvalue weighted by Crippen LogP contribution is -2.21. The molecular weight excluding hydrogens is 304 g/mol. The maximum Gasteiger partial charge on any atom is 0.225 e. The maximum absolute atomic E-state index is 11.2. The van der Waals surface area contributed by atoms with E-state index in [9.17, 15) is 4.91 Å². The topological polar surface area (TPSA) is 85.1 Å². The highest BCUT2D eigenvalue weighted by Gasteiger charge is 2.19. The lowest BCUT2D eigenvalue weighted by Gasteiger charge is -2.25. The van der Waals surface area contributed by atoms with E-state index in [-0.39, 0.29) is 5.69 Å². The largest absolute Gasteiger partial charge is 0.354 e. The molecule has 3 rings (SSSR count). The zero-order valence-electron chi connectivity index (χ0n) is 14.1. The minimum absolute atomic E-state index is 0.241.